The Balaban J connectivity index is 1.72. The summed E-state index contributed by atoms with van der Waals surface area (Å²) < 4.78 is 0. The van der Waals surface area contributed by atoms with Crippen LogP contribution in [0.2, 0.25) is 0 Å². The fourth-order valence-electron chi connectivity index (χ4n) is 4.48. The van der Waals surface area contributed by atoms with Gasteiger partial charge in [-0.2, -0.15) is 0 Å². The van der Waals surface area contributed by atoms with Crippen LogP contribution in [0.1, 0.15) is 52.4 Å². The highest BCUT2D eigenvalue weighted by Gasteiger charge is 2.43. The molecular formula is C16H29N3O. The fourth-order valence-corrected chi connectivity index (χ4v) is 4.48. The number of fused-ring (bicyclic) bond motifs is 2. The van der Waals surface area contributed by atoms with E-state index < -0.39 is 0 Å². The Morgan fingerprint density at radius 1 is 1.20 bits per heavy atom. The van der Waals surface area contributed by atoms with Gasteiger partial charge in [-0.05, 0) is 45.1 Å². The smallest absolute Gasteiger partial charge is 0.238 e. The van der Waals surface area contributed by atoms with Crippen molar-refractivity contribution in [2.45, 2.75) is 76.7 Å². The van der Waals surface area contributed by atoms with E-state index in [4.69, 9.17) is 0 Å². The van der Waals surface area contributed by atoms with Crippen molar-refractivity contribution in [2.24, 2.45) is 5.92 Å². The van der Waals surface area contributed by atoms with E-state index in [9.17, 15) is 4.79 Å². The number of nitrogens with zero attached hydrogens (tertiary/aromatic N) is 2. The second-order valence-electron chi connectivity index (χ2n) is 7.36. The molecule has 3 heterocycles. The molecule has 0 spiro atoms. The molecule has 114 valence electrons. The predicted octanol–water partition coefficient (Wildman–Crippen LogP) is 1.81. The molecule has 2 bridgehead atoms. The van der Waals surface area contributed by atoms with Crippen LogP contribution >= 0.6 is 0 Å². The highest BCUT2D eigenvalue weighted by Crippen LogP contribution is 2.36. The normalized spacial score (nSPS) is 38.8. The van der Waals surface area contributed by atoms with Gasteiger partial charge in [0.15, 0.2) is 0 Å². The number of hydrogen-bond donors (Lipinski definition) is 1. The van der Waals surface area contributed by atoms with Gasteiger partial charge >= 0.3 is 0 Å². The molecule has 0 aromatic rings. The number of hydrogen-bond acceptors (Lipinski definition) is 3. The summed E-state index contributed by atoms with van der Waals surface area (Å²) in [5.41, 5.74) is 0. The van der Waals surface area contributed by atoms with E-state index in [1.54, 1.807) is 0 Å². The zero-order valence-electron chi connectivity index (χ0n) is 13.1. The Hall–Kier alpha value is -0.610. The first kappa shape index (κ1) is 14.3. The van der Waals surface area contributed by atoms with E-state index >= 15 is 0 Å². The standard InChI is InChI=1S/C16H29N3O/c1-11(2)7-15-17-10-16(20)19(15)14-8-12-5-4-6-13(9-14)18(12)3/h11-15,17H,4-10H2,1-3H3. The van der Waals surface area contributed by atoms with Crippen LogP contribution in [-0.4, -0.2) is 53.6 Å². The van der Waals surface area contributed by atoms with Crippen LogP contribution in [0.3, 0.4) is 0 Å². The van der Waals surface area contributed by atoms with Gasteiger partial charge in [0, 0.05) is 18.1 Å². The molecule has 3 unspecified atom stereocenters. The topological polar surface area (TPSA) is 35.6 Å². The average Bonchev–Trinajstić information content (AvgIpc) is 2.69. The number of amides is 1. The van der Waals surface area contributed by atoms with Crippen molar-refractivity contribution in [3.05, 3.63) is 0 Å². The maximum Gasteiger partial charge on any atom is 0.238 e. The van der Waals surface area contributed by atoms with Crippen LogP contribution in [0.15, 0.2) is 0 Å². The molecule has 4 heteroatoms. The lowest BCUT2D eigenvalue weighted by molar-refractivity contribution is -0.133. The molecule has 1 N–H and O–H groups in total. The molecule has 0 saturated carbocycles. The molecule has 0 radical (unpaired) electrons. The summed E-state index contributed by atoms with van der Waals surface area (Å²) in [5, 5.41) is 3.42. The van der Waals surface area contributed by atoms with Crippen molar-refractivity contribution in [3.8, 4) is 0 Å². The minimum Gasteiger partial charge on any atom is -0.323 e. The quantitative estimate of drug-likeness (QED) is 0.856. The molecule has 3 saturated heterocycles. The van der Waals surface area contributed by atoms with E-state index in [0.29, 0.717) is 36.5 Å². The Kier molecular flexibility index (Phi) is 4.04. The van der Waals surface area contributed by atoms with Crippen LogP contribution in [-0.2, 0) is 4.79 Å². The molecule has 0 aliphatic carbocycles. The van der Waals surface area contributed by atoms with E-state index in [-0.39, 0.29) is 6.17 Å². The summed E-state index contributed by atoms with van der Waals surface area (Å²) in [6, 6.07) is 1.86. The van der Waals surface area contributed by atoms with Crippen molar-refractivity contribution in [2.75, 3.05) is 13.6 Å². The fraction of sp³-hybridized carbons (Fsp3) is 0.938. The minimum absolute atomic E-state index is 0.275. The third-order valence-corrected chi connectivity index (χ3v) is 5.52. The Morgan fingerprint density at radius 3 is 2.45 bits per heavy atom. The van der Waals surface area contributed by atoms with Crippen molar-refractivity contribution in [1.29, 1.82) is 0 Å². The van der Waals surface area contributed by atoms with Gasteiger partial charge in [0.2, 0.25) is 5.91 Å². The highest BCUT2D eigenvalue weighted by molar-refractivity contribution is 5.81. The largest absolute Gasteiger partial charge is 0.323 e. The van der Waals surface area contributed by atoms with Gasteiger partial charge in [0.1, 0.15) is 0 Å². The van der Waals surface area contributed by atoms with Crippen LogP contribution in [0.25, 0.3) is 0 Å². The lowest BCUT2D eigenvalue weighted by Gasteiger charge is -2.50. The zero-order chi connectivity index (χ0) is 14.3. The molecule has 3 fully saturated rings. The third kappa shape index (κ3) is 2.60. The van der Waals surface area contributed by atoms with E-state index in [2.05, 4.69) is 36.0 Å². The first-order chi connectivity index (χ1) is 9.56. The summed E-state index contributed by atoms with van der Waals surface area (Å²) in [5.74, 6) is 0.954. The lowest BCUT2D eigenvalue weighted by Crippen LogP contribution is -2.57. The Labute approximate surface area is 122 Å². The predicted molar refractivity (Wildman–Crippen MR) is 80.3 cm³/mol. The van der Waals surface area contributed by atoms with Gasteiger partial charge in [0.25, 0.3) is 0 Å². The lowest BCUT2D eigenvalue weighted by atomic mass is 9.81. The van der Waals surface area contributed by atoms with E-state index in [1.807, 2.05) is 0 Å². The van der Waals surface area contributed by atoms with Crippen LogP contribution in [0, 0.1) is 5.92 Å². The molecule has 1 amide bonds. The van der Waals surface area contributed by atoms with Crippen LogP contribution < -0.4 is 5.32 Å². The Morgan fingerprint density at radius 2 is 1.85 bits per heavy atom. The molecule has 20 heavy (non-hydrogen) atoms. The van der Waals surface area contributed by atoms with Gasteiger partial charge in [-0.1, -0.05) is 20.3 Å². The maximum atomic E-state index is 12.3. The first-order valence-corrected chi connectivity index (χ1v) is 8.32. The number of nitrogens with one attached hydrogen (secondary N) is 1. The molecular weight excluding hydrogens is 250 g/mol. The molecule has 3 aliphatic rings. The van der Waals surface area contributed by atoms with Gasteiger partial charge in [0.05, 0.1) is 12.7 Å². The van der Waals surface area contributed by atoms with Crippen molar-refractivity contribution >= 4 is 5.91 Å². The molecule has 4 nitrogen and oxygen atoms in total. The molecule has 3 atom stereocenters. The van der Waals surface area contributed by atoms with E-state index in [1.165, 1.54) is 32.1 Å². The number of rotatable bonds is 3. The molecule has 3 rings (SSSR count). The summed E-state index contributed by atoms with van der Waals surface area (Å²) >= 11 is 0. The summed E-state index contributed by atoms with van der Waals surface area (Å²) in [7, 11) is 2.28. The van der Waals surface area contributed by atoms with Crippen LogP contribution in [0.4, 0.5) is 0 Å². The van der Waals surface area contributed by atoms with Gasteiger partial charge < -0.3 is 9.80 Å². The second kappa shape index (κ2) is 5.64. The zero-order valence-corrected chi connectivity index (χ0v) is 13.1. The average molecular weight is 279 g/mol. The summed E-state index contributed by atoms with van der Waals surface area (Å²) in [6.45, 7) is 5.02. The van der Waals surface area contributed by atoms with Crippen LogP contribution in [0.5, 0.6) is 0 Å². The third-order valence-electron chi connectivity index (χ3n) is 5.52. The summed E-state index contributed by atoms with van der Waals surface area (Å²) in [4.78, 5) is 17.1. The highest BCUT2D eigenvalue weighted by atomic mass is 16.2. The number of carbonyl (C=O) groups is 1. The van der Waals surface area contributed by atoms with Gasteiger partial charge in [-0.3, -0.25) is 10.1 Å². The monoisotopic (exact) mass is 279 g/mol. The van der Waals surface area contributed by atoms with Crippen molar-refractivity contribution in [3.63, 3.8) is 0 Å². The minimum atomic E-state index is 0.275. The number of piperidine rings is 2. The molecule has 0 aromatic carbocycles. The van der Waals surface area contributed by atoms with Crippen molar-refractivity contribution < 1.29 is 4.79 Å². The van der Waals surface area contributed by atoms with Gasteiger partial charge in [-0.25, -0.2) is 0 Å². The Bertz CT molecular complexity index is 357. The van der Waals surface area contributed by atoms with E-state index in [0.717, 1.165) is 6.42 Å². The van der Waals surface area contributed by atoms with Gasteiger partial charge in [-0.15, -0.1) is 0 Å². The molecule has 0 aromatic heterocycles. The first-order valence-electron chi connectivity index (χ1n) is 8.32. The maximum absolute atomic E-state index is 12.3. The number of carbonyl (C=O) groups excluding carboxylic acids is 1. The SMILES string of the molecule is CC(C)CC1NCC(=O)N1C1CC2CCCC(C1)N2C. The second-order valence-corrected chi connectivity index (χ2v) is 7.36. The van der Waals surface area contributed by atoms with Crippen molar-refractivity contribution in [1.82, 2.24) is 15.1 Å². The summed E-state index contributed by atoms with van der Waals surface area (Å²) in [6.07, 6.45) is 7.70. The molecule has 3 aliphatic heterocycles.